The molecule has 0 spiro atoms. The van der Waals surface area contributed by atoms with Crippen molar-refractivity contribution in [2.24, 2.45) is 0 Å². The second kappa shape index (κ2) is 6.66. The van der Waals surface area contributed by atoms with Gasteiger partial charge in [-0.05, 0) is 20.3 Å². The van der Waals surface area contributed by atoms with Gasteiger partial charge in [0, 0.05) is 26.8 Å². The van der Waals surface area contributed by atoms with Crippen LogP contribution in [0, 0.1) is 0 Å². The van der Waals surface area contributed by atoms with E-state index in [2.05, 4.69) is 22.2 Å². The van der Waals surface area contributed by atoms with Gasteiger partial charge in [-0.1, -0.05) is 6.92 Å². The minimum atomic E-state index is -0.464. The lowest BCUT2D eigenvalue weighted by atomic mass is 10.0. The Balaban J connectivity index is 3.16. The van der Waals surface area contributed by atoms with Gasteiger partial charge < -0.3 is 14.8 Å². The number of aromatic nitrogens is 2. The molecule has 1 atom stereocenters. The van der Waals surface area contributed by atoms with Gasteiger partial charge in [0.1, 0.15) is 11.4 Å². The fourth-order valence-electron chi connectivity index (χ4n) is 1.62. The number of nitrogens with one attached hydrogen (secondary N) is 1. The van der Waals surface area contributed by atoms with Gasteiger partial charge in [-0.3, -0.25) is 0 Å². The first-order chi connectivity index (χ1) is 8.59. The summed E-state index contributed by atoms with van der Waals surface area (Å²) >= 11 is 0. The lowest BCUT2D eigenvalue weighted by molar-refractivity contribution is -0.00928. The largest absolute Gasteiger partial charge is 0.378 e. The molecule has 0 aliphatic rings. The van der Waals surface area contributed by atoms with Crippen molar-refractivity contribution in [3.63, 3.8) is 0 Å². The molecule has 0 aromatic carbocycles. The summed E-state index contributed by atoms with van der Waals surface area (Å²) in [4.78, 5) is 9.03. The van der Waals surface area contributed by atoms with E-state index in [9.17, 15) is 0 Å². The zero-order valence-electron chi connectivity index (χ0n) is 11.9. The van der Waals surface area contributed by atoms with Gasteiger partial charge in [0.25, 0.3) is 0 Å². The number of anilines is 1. The van der Waals surface area contributed by atoms with Gasteiger partial charge in [0.15, 0.2) is 5.82 Å². The molecule has 0 radical (unpaired) electrons. The third-order valence-electron chi connectivity index (χ3n) is 3.03. The molecule has 0 fully saturated rings. The topological polar surface area (TPSA) is 56.3 Å². The number of ether oxygens (including phenoxy) is 2. The molecule has 0 bridgehead atoms. The molecule has 1 aromatic rings. The van der Waals surface area contributed by atoms with Gasteiger partial charge >= 0.3 is 0 Å². The molecular weight excluding hydrogens is 230 g/mol. The highest BCUT2D eigenvalue weighted by Gasteiger charge is 2.28. The zero-order valence-corrected chi connectivity index (χ0v) is 11.9. The monoisotopic (exact) mass is 253 g/mol. The smallest absolute Gasteiger partial charge is 0.162 e. The van der Waals surface area contributed by atoms with Crippen LogP contribution < -0.4 is 5.32 Å². The summed E-state index contributed by atoms with van der Waals surface area (Å²) in [5, 5.41) is 3.20. The molecule has 5 nitrogen and oxygen atoms in total. The number of rotatable bonds is 7. The van der Waals surface area contributed by atoms with E-state index in [0.717, 1.165) is 24.5 Å². The first-order valence-electron chi connectivity index (χ1n) is 6.26. The van der Waals surface area contributed by atoms with E-state index in [1.807, 2.05) is 19.9 Å². The zero-order chi connectivity index (χ0) is 13.6. The third kappa shape index (κ3) is 3.40. The standard InChI is InChI=1S/C13H23N3O2/c1-6-13(3,18-5)12-15-10(9-17-4)8-11(16-12)14-7-2/h8H,6-7,9H2,1-5H3,(H,14,15,16). The predicted molar refractivity (Wildman–Crippen MR) is 71.6 cm³/mol. The van der Waals surface area contributed by atoms with Crippen LogP contribution in [0.2, 0.25) is 0 Å². The molecule has 1 heterocycles. The van der Waals surface area contributed by atoms with Crippen molar-refractivity contribution in [3.8, 4) is 0 Å². The maximum Gasteiger partial charge on any atom is 0.162 e. The van der Waals surface area contributed by atoms with Gasteiger partial charge in [-0.15, -0.1) is 0 Å². The lowest BCUT2D eigenvalue weighted by Gasteiger charge is -2.25. The average molecular weight is 253 g/mol. The minimum absolute atomic E-state index is 0.464. The highest BCUT2D eigenvalue weighted by atomic mass is 16.5. The molecule has 1 rings (SSSR count). The Bertz CT molecular complexity index is 354. The van der Waals surface area contributed by atoms with Crippen molar-refractivity contribution >= 4 is 5.82 Å². The summed E-state index contributed by atoms with van der Waals surface area (Å²) in [5.74, 6) is 1.50. The molecule has 102 valence electrons. The first-order valence-corrected chi connectivity index (χ1v) is 6.26. The van der Waals surface area contributed by atoms with Crippen LogP contribution in [0.4, 0.5) is 5.82 Å². The van der Waals surface area contributed by atoms with Crippen molar-refractivity contribution in [1.29, 1.82) is 0 Å². The van der Waals surface area contributed by atoms with Crippen molar-refractivity contribution in [1.82, 2.24) is 9.97 Å². The van der Waals surface area contributed by atoms with E-state index in [4.69, 9.17) is 9.47 Å². The maximum absolute atomic E-state index is 5.55. The summed E-state index contributed by atoms with van der Waals surface area (Å²) < 4.78 is 10.7. The van der Waals surface area contributed by atoms with Crippen molar-refractivity contribution < 1.29 is 9.47 Å². The molecule has 1 aromatic heterocycles. The molecule has 18 heavy (non-hydrogen) atoms. The molecule has 0 amide bonds. The van der Waals surface area contributed by atoms with E-state index in [1.165, 1.54) is 0 Å². The van der Waals surface area contributed by atoms with E-state index >= 15 is 0 Å². The molecule has 5 heteroatoms. The SMILES string of the molecule is CCNc1cc(COC)nc(C(C)(CC)OC)n1. The second-order valence-corrected chi connectivity index (χ2v) is 4.32. The Hall–Kier alpha value is -1.20. The van der Waals surface area contributed by atoms with Crippen LogP contribution >= 0.6 is 0 Å². The second-order valence-electron chi connectivity index (χ2n) is 4.32. The van der Waals surface area contributed by atoms with E-state index in [1.54, 1.807) is 14.2 Å². The quantitative estimate of drug-likeness (QED) is 0.808. The normalized spacial score (nSPS) is 14.3. The lowest BCUT2D eigenvalue weighted by Crippen LogP contribution is -2.27. The number of methoxy groups -OCH3 is 2. The molecule has 0 saturated carbocycles. The molecule has 0 aliphatic carbocycles. The fraction of sp³-hybridized carbons (Fsp3) is 0.692. The molecule has 0 aliphatic heterocycles. The van der Waals surface area contributed by atoms with Gasteiger partial charge in [0.2, 0.25) is 0 Å². The number of hydrogen-bond donors (Lipinski definition) is 1. The van der Waals surface area contributed by atoms with Crippen LogP contribution in [0.3, 0.4) is 0 Å². The average Bonchev–Trinajstić information content (AvgIpc) is 2.38. The molecule has 1 N–H and O–H groups in total. The Kier molecular flexibility index (Phi) is 5.50. The maximum atomic E-state index is 5.55. The number of hydrogen-bond acceptors (Lipinski definition) is 5. The van der Waals surface area contributed by atoms with Crippen LogP contribution in [-0.2, 0) is 21.7 Å². The summed E-state index contributed by atoms with van der Waals surface area (Å²) in [5.41, 5.74) is 0.392. The summed E-state index contributed by atoms with van der Waals surface area (Å²) in [7, 11) is 3.34. The summed E-state index contributed by atoms with van der Waals surface area (Å²) in [6, 6.07) is 1.90. The van der Waals surface area contributed by atoms with Crippen LogP contribution in [0.15, 0.2) is 6.07 Å². The highest BCUT2D eigenvalue weighted by Crippen LogP contribution is 2.26. The van der Waals surface area contributed by atoms with Crippen molar-refractivity contribution in [2.45, 2.75) is 39.4 Å². The van der Waals surface area contributed by atoms with Crippen molar-refractivity contribution in [3.05, 3.63) is 17.6 Å². The highest BCUT2D eigenvalue weighted by molar-refractivity contribution is 5.36. The molecule has 0 saturated heterocycles. The van der Waals surface area contributed by atoms with Crippen LogP contribution in [0.1, 0.15) is 38.7 Å². The fourth-order valence-corrected chi connectivity index (χ4v) is 1.62. The molecular formula is C13H23N3O2. The summed E-state index contributed by atoms with van der Waals surface area (Å²) in [6.07, 6.45) is 0.811. The Labute approximate surface area is 109 Å². The van der Waals surface area contributed by atoms with E-state index in [0.29, 0.717) is 12.4 Å². The molecule has 1 unspecified atom stereocenters. The Morgan fingerprint density at radius 3 is 2.50 bits per heavy atom. The van der Waals surface area contributed by atoms with E-state index in [-0.39, 0.29) is 0 Å². The van der Waals surface area contributed by atoms with Crippen LogP contribution in [0.5, 0.6) is 0 Å². The summed E-state index contributed by atoms with van der Waals surface area (Å²) in [6.45, 7) is 7.38. The van der Waals surface area contributed by atoms with E-state index < -0.39 is 5.60 Å². The predicted octanol–water partition coefficient (Wildman–Crippen LogP) is 2.33. The Morgan fingerprint density at radius 2 is 2.00 bits per heavy atom. The first kappa shape index (κ1) is 14.9. The van der Waals surface area contributed by atoms with Crippen molar-refractivity contribution in [2.75, 3.05) is 26.1 Å². The van der Waals surface area contributed by atoms with Gasteiger partial charge in [-0.2, -0.15) is 0 Å². The number of nitrogens with zero attached hydrogens (tertiary/aromatic N) is 2. The van der Waals surface area contributed by atoms with Crippen LogP contribution in [-0.4, -0.2) is 30.7 Å². The minimum Gasteiger partial charge on any atom is -0.378 e. The Morgan fingerprint density at radius 1 is 1.28 bits per heavy atom. The van der Waals surface area contributed by atoms with Crippen LogP contribution in [0.25, 0.3) is 0 Å². The third-order valence-corrected chi connectivity index (χ3v) is 3.03. The van der Waals surface area contributed by atoms with Gasteiger partial charge in [-0.25, -0.2) is 9.97 Å². The van der Waals surface area contributed by atoms with Gasteiger partial charge in [0.05, 0.1) is 12.3 Å².